The van der Waals surface area contributed by atoms with Crippen molar-refractivity contribution in [3.05, 3.63) is 66.2 Å². The molecule has 1 saturated heterocycles. The van der Waals surface area contributed by atoms with Crippen LogP contribution in [0.2, 0.25) is 0 Å². The van der Waals surface area contributed by atoms with E-state index in [2.05, 4.69) is 9.44 Å². The summed E-state index contributed by atoms with van der Waals surface area (Å²) in [5, 5.41) is 0. The van der Waals surface area contributed by atoms with Gasteiger partial charge < -0.3 is 14.4 Å². The second kappa shape index (κ2) is 13.0. The van der Waals surface area contributed by atoms with Crippen LogP contribution >= 0.6 is 11.8 Å². The molecule has 1 fully saturated rings. The Kier molecular flexibility index (Phi) is 9.72. The number of amides is 1. The molecule has 0 unspecified atom stereocenters. The Balaban J connectivity index is 1.54. The number of hydrogen-bond acceptors (Lipinski definition) is 8. The van der Waals surface area contributed by atoms with Gasteiger partial charge in [-0.2, -0.15) is 0 Å². The van der Waals surface area contributed by atoms with Crippen LogP contribution in [0.15, 0.2) is 75.4 Å². The van der Waals surface area contributed by atoms with E-state index in [-0.39, 0.29) is 27.1 Å². The molecule has 0 aromatic heterocycles. The average Bonchev–Trinajstić information content (AvgIpc) is 3.26. The third-order valence-electron chi connectivity index (χ3n) is 6.67. The summed E-state index contributed by atoms with van der Waals surface area (Å²) in [7, 11) is -5.21. The summed E-state index contributed by atoms with van der Waals surface area (Å²) >= 11 is 1.38. The van der Waals surface area contributed by atoms with E-state index in [1.165, 1.54) is 68.4 Å². The summed E-state index contributed by atoms with van der Waals surface area (Å²) in [6, 6.07) is 14.5. The van der Waals surface area contributed by atoms with Crippen LogP contribution in [0, 0.1) is 0 Å². The monoisotopic (exact) mass is 619 g/mol. The van der Waals surface area contributed by atoms with E-state index in [0.717, 1.165) is 25.7 Å². The van der Waals surface area contributed by atoms with E-state index in [1.807, 2.05) is 6.26 Å². The number of likely N-dealkylation sites (tertiary alicyclic amines) is 1. The molecular weight excluding hydrogens is 587 g/mol. The third kappa shape index (κ3) is 7.27. The number of rotatable bonds is 10. The van der Waals surface area contributed by atoms with Gasteiger partial charge in [-0.15, -0.1) is 11.8 Å². The van der Waals surface area contributed by atoms with Crippen molar-refractivity contribution < 1.29 is 31.1 Å². The van der Waals surface area contributed by atoms with Gasteiger partial charge in [-0.1, -0.05) is 12.8 Å². The number of nitrogens with zero attached hydrogens (tertiary/aromatic N) is 1. The van der Waals surface area contributed by atoms with E-state index in [0.29, 0.717) is 35.0 Å². The Bertz CT molecular complexity index is 1600. The zero-order chi connectivity index (χ0) is 29.6. The largest absolute Gasteiger partial charge is 0.497 e. The van der Waals surface area contributed by atoms with Crippen LogP contribution in [0.3, 0.4) is 0 Å². The first kappa shape index (κ1) is 30.5. The number of nitrogens with one attached hydrogen (secondary N) is 2. The summed E-state index contributed by atoms with van der Waals surface area (Å²) in [5.74, 6) is 0.568. The van der Waals surface area contributed by atoms with Crippen molar-refractivity contribution in [2.24, 2.45) is 0 Å². The van der Waals surface area contributed by atoms with Crippen molar-refractivity contribution in [3.63, 3.8) is 0 Å². The van der Waals surface area contributed by atoms with Crippen molar-refractivity contribution in [1.29, 1.82) is 0 Å². The maximum Gasteiger partial charge on any atom is 0.262 e. The molecule has 1 amide bonds. The van der Waals surface area contributed by atoms with E-state index in [1.54, 1.807) is 23.1 Å². The molecule has 0 saturated carbocycles. The predicted molar refractivity (Wildman–Crippen MR) is 160 cm³/mol. The lowest BCUT2D eigenvalue weighted by Gasteiger charge is -2.22. The SMILES string of the molecule is COc1ccc(OC)c(NS(=O)(=O)c2ccc(NS(=O)(=O)c3ccc(SC)c(C(=O)N4CCCCCC4)c3)cc2)c1. The fourth-order valence-electron chi connectivity index (χ4n) is 4.48. The summed E-state index contributed by atoms with van der Waals surface area (Å²) in [6.07, 6.45) is 5.84. The van der Waals surface area contributed by atoms with Gasteiger partial charge in [-0.05, 0) is 73.7 Å². The van der Waals surface area contributed by atoms with Gasteiger partial charge in [0.2, 0.25) is 0 Å². The van der Waals surface area contributed by atoms with E-state index in [9.17, 15) is 21.6 Å². The Hall–Kier alpha value is -3.42. The van der Waals surface area contributed by atoms with Crippen molar-refractivity contribution in [3.8, 4) is 11.5 Å². The molecule has 4 rings (SSSR count). The highest BCUT2D eigenvalue weighted by atomic mass is 32.2. The molecule has 41 heavy (non-hydrogen) atoms. The van der Waals surface area contributed by atoms with Crippen LogP contribution in [-0.2, 0) is 20.0 Å². The second-order valence-electron chi connectivity index (χ2n) is 9.37. The zero-order valence-electron chi connectivity index (χ0n) is 23.0. The molecule has 1 aliphatic heterocycles. The number of carbonyl (C=O) groups is 1. The first-order chi connectivity index (χ1) is 19.6. The van der Waals surface area contributed by atoms with Gasteiger partial charge in [0.15, 0.2) is 0 Å². The van der Waals surface area contributed by atoms with Crippen molar-refractivity contribution in [1.82, 2.24) is 4.90 Å². The Labute approximate surface area is 245 Å². The number of thioether (sulfide) groups is 1. The molecule has 1 aliphatic rings. The minimum Gasteiger partial charge on any atom is -0.497 e. The Morgan fingerprint density at radius 1 is 0.780 bits per heavy atom. The van der Waals surface area contributed by atoms with Gasteiger partial charge in [0.1, 0.15) is 11.5 Å². The maximum absolute atomic E-state index is 13.3. The van der Waals surface area contributed by atoms with Gasteiger partial charge in [0.05, 0.1) is 35.3 Å². The number of sulfonamides is 2. The van der Waals surface area contributed by atoms with Gasteiger partial charge in [-0.25, -0.2) is 16.8 Å². The average molecular weight is 620 g/mol. The third-order valence-corrected chi connectivity index (χ3v) is 10.2. The van der Waals surface area contributed by atoms with Crippen LogP contribution in [0.1, 0.15) is 36.0 Å². The lowest BCUT2D eigenvalue weighted by Crippen LogP contribution is -2.32. The molecule has 13 heteroatoms. The van der Waals surface area contributed by atoms with Crippen LogP contribution in [-0.4, -0.2) is 61.2 Å². The summed E-state index contributed by atoms with van der Waals surface area (Å²) < 4.78 is 67.9. The minimum absolute atomic E-state index is 0.0584. The molecule has 0 bridgehead atoms. The molecule has 3 aromatic rings. The molecule has 0 spiro atoms. The van der Waals surface area contributed by atoms with Crippen LogP contribution < -0.4 is 18.9 Å². The fraction of sp³-hybridized carbons (Fsp3) is 0.321. The molecule has 2 N–H and O–H groups in total. The maximum atomic E-state index is 13.3. The van der Waals surface area contributed by atoms with Crippen molar-refractivity contribution >= 4 is 49.1 Å². The lowest BCUT2D eigenvalue weighted by atomic mass is 10.2. The first-order valence-corrected chi connectivity index (χ1v) is 17.1. The number of ether oxygens (including phenoxy) is 2. The minimum atomic E-state index is -4.07. The van der Waals surface area contributed by atoms with Gasteiger partial charge in [0.25, 0.3) is 26.0 Å². The van der Waals surface area contributed by atoms with Crippen LogP contribution in [0.4, 0.5) is 11.4 Å². The van der Waals surface area contributed by atoms with Crippen LogP contribution in [0.5, 0.6) is 11.5 Å². The quantitative estimate of drug-likeness (QED) is 0.302. The highest BCUT2D eigenvalue weighted by molar-refractivity contribution is 7.98. The van der Waals surface area contributed by atoms with Crippen LogP contribution in [0.25, 0.3) is 0 Å². The van der Waals surface area contributed by atoms with Gasteiger partial charge >= 0.3 is 0 Å². The van der Waals surface area contributed by atoms with E-state index in [4.69, 9.17) is 9.47 Å². The van der Waals surface area contributed by atoms with E-state index < -0.39 is 20.0 Å². The molecule has 0 atom stereocenters. The molecular formula is C28H33N3O7S3. The standard InChI is InChI=1S/C28H33N3O7S3/c1-37-21-10-14-26(38-2)25(18-21)30-40(33,34)22-11-8-20(9-12-22)29-41(35,36)23-13-15-27(39-3)24(19-23)28(32)31-16-6-4-5-7-17-31/h8-15,18-19,29-30H,4-7,16-17H2,1-3H3. The molecule has 3 aromatic carbocycles. The number of anilines is 2. The molecule has 10 nitrogen and oxygen atoms in total. The molecule has 220 valence electrons. The Morgan fingerprint density at radius 3 is 2.02 bits per heavy atom. The Morgan fingerprint density at radius 2 is 1.41 bits per heavy atom. The van der Waals surface area contributed by atoms with Gasteiger partial charge in [0, 0.05) is 29.7 Å². The number of hydrogen-bond donors (Lipinski definition) is 2. The van der Waals surface area contributed by atoms with Crippen molar-refractivity contribution in [2.45, 2.75) is 40.4 Å². The van der Waals surface area contributed by atoms with E-state index >= 15 is 0 Å². The zero-order valence-corrected chi connectivity index (χ0v) is 25.5. The molecule has 1 heterocycles. The number of benzene rings is 3. The number of carbonyl (C=O) groups excluding carboxylic acids is 1. The summed E-state index contributed by atoms with van der Waals surface area (Å²) in [5.41, 5.74) is 0.704. The number of methoxy groups -OCH3 is 2. The fourth-order valence-corrected chi connectivity index (χ4v) is 7.20. The smallest absolute Gasteiger partial charge is 0.262 e. The first-order valence-electron chi connectivity index (χ1n) is 12.9. The topological polar surface area (TPSA) is 131 Å². The van der Waals surface area contributed by atoms with Gasteiger partial charge in [-0.3, -0.25) is 14.2 Å². The molecule has 0 radical (unpaired) electrons. The molecule has 0 aliphatic carbocycles. The highest BCUT2D eigenvalue weighted by Crippen LogP contribution is 2.31. The lowest BCUT2D eigenvalue weighted by molar-refractivity contribution is 0.0758. The normalized spacial score (nSPS) is 14.2. The summed E-state index contributed by atoms with van der Waals surface area (Å²) in [4.78, 5) is 15.7. The predicted octanol–water partition coefficient (Wildman–Crippen LogP) is 5.04. The summed E-state index contributed by atoms with van der Waals surface area (Å²) in [6.45, 7) is 1.30. The highest BCUT2D eigenvalue weighted by Gasteiger charge is 2.24. The second-order valence-corrected chi connectivity index (χ2v) is 13.6. The van der Waals surface area contributed by atoms with Crippen molar-refractivity contribution in [2.75, 3.05) is 43.0 Å².